The molecule has 7 heteroatoms. The summed E-state index contributed by atoms with van der Waals surface area (Å²) in [6.07, 6.45) is 1.35. The highest BCUT2D eigenvalue weighted by Gasteiger charge is 2.13. The zero-order chi connectivity index (χ0) is 18.6. The van der Waals surface area contributed by atoms with Crippen molar-refractivity contribution in [2.24, 2.45) is 0 Å². The van der Waals surface area contributed by atoms with Crippen LogP contribution < -0.4 is 20.1 Å². The number of anilines is 3. The Morgan fingerprint density at radius 2 is 1.81 bits per heavy atom. The molecule has 0 saturated heterocycles. The molecule has 1 amide bonds. The van der Waals surface area contributed by atoms with Gasteiger partial charge in [0.2, 0.25) is 0 Å². The first kappa shape index (κ1) is 16.8. The number of carbonyl (C=O) groups is 1. The van der Waals surface area contributed by atoms with Crippen LogP contribution in [0.15, 0.2) is 54.9 Å². The molecule has 4 rings (SSSR count). The van der Waals surface area contributed by atoms with Crippen molar-refractivity contribution in [2.45, 2.75) is 6.92 Å². The lowest BCUT2D eigenvalue weighted by molar-refractivity contribution is 0.102. The summed E-state index contributed by atoms with van der Waals surface area (Å²) in [5.41, 5.74) is 2.79. The molecule has 0 radical (unpaired) electrons. The number of amides is 1. The number of hydrogen-bond acceptors (Lipinski definition) is 6. The highest BCUT2D eigenvalue weighted by atomic mass is 16.6. The smallest absolute Gasteiger partial charge is 0.274 e. The number of para-hydroxylation sites is 1. The Morgan fingerprint density at radius 3 is 2.67 bits per heavy atom. The van der Waals surface area contributed by atoms with Crippen LogP contribution in [0.3, 0.4) is 0 Å². The van der Waals surface area contributed by atoms with E-state index in [0.29, 0.717) is 30.5 Å². The first-order valence-corrected chi connectivity index (χ1v) is 8.55. The largest absolute Gasteiger partial charge is 0.486 e. The Hall–Kier alpha value is -3.61. The van der Waals surface area contributed by atoms with Crippen LogP contribution in [-0.4, -0.2) is 29.1 Å². The van der Waals surface area contributed by atoms with E-state index in [1.54, 1.807) is 6.07 Å². The third-order valence-corrected chi connectivity index (χ3v) is 4.11. The standard InChI is InChI=1S/C20H18N4O3/c1-13-4-2-3-5-15(13)24-20(25)16-11-19(22-12-21-16)23-14-6-7-17-18(10-14)27-9-8-26-17/h2-7,10-12H,8-9H2,1H3,(H,24,25)(H,21,22,23). The van der Waals surface area contributed by atoms with Gasteiger partial charge in [0.05, 0.1) is 0 Å². The quantitative estimate of drug-likeness (QED) is 0.738. The molecule has 0 aliphatic carbocycles. The molecule has 136 valence electrons. The number of carbonyl (C=O) groups excluding carboxylic acids is 1. The van der Waals surface area contributed by atoms with Gasteiger partial charge >= 0.3 is 0 Å². The number of rotatable bonds is 4. The summed E-state index contributed by atoms with van der Waals surface area (Å²) in [6, 6.07) is 14.7. The van der Waals surface area contributed by atoms with E-state index in [2.05, 4.69) is 20.6 Å². The fourth-order valence-electron chi connectivity index (χ4n) is 2.72. The van der Waals surface area contributed by atoms with Crippen molar-refractivity contribution in [1.82, 2.24) is 9.97 Å². The van der Waals surface area contributed by atoms with Crippen LogP contribution in [0.2, 0.25) is 0 Å². The zero-order valence-corrected chi connectivity index (χ0v) is 14.7. The molecule has 2 heterocycles. The molecule has 7 nitrogen and oxygen atoms in total. The van der Waals surface area contributed by atoms with Gasteiger partial charge in [0.15, 0.2) is 11.5 Å². The first-order valence-electron chi connectivity index (χ1n) is 8.55. The summed E-state index contributed by atoms with van der Waals surface area (Å²) in [6.45, 7) is 3.00. The normalized spacial score (nSPS) is 12.3. The summed E-state index contributed by atoms with van der Waals surface area (Å²) in [5.74, 6) is 1.61. The predicted molar refractivity (Wildman–Crippen MR) is 102 cm³/mol. The van der Waals surface area contributed by atoms with Crippen molar-refractivity contribution >= 4 is 23.1 Å². The van der Waals surface area contributed by atoms with Crippen LogP contribution in [0, 0.1) is 6.92 Å². The number of hydrogen-bond donors (Lipinski definition) is 2. The summed E-state index contributed by atoms with van der Waals surface area (Å²) in [4.78, 5) is 20.7. The van der Waals surface area contributed by atoms with Gasteiger partial charge < -0.3 is 20.1 Å². The minimum Gasteiger partial charge on any atom is -0.486 e. The second-order valence-electron chi connectivity index (χ2n) is 6.04. The number of benzene rings is 2. The van der Waals surface area contributed by atoms with E-state index in [0.717, 1.165) is 16.9 Å². The molecule has 0 spiro atoms. The third kappa shape index (κ3) is 3.82. The maximum Gasteiger partial charge on any atom is 0.274 e. The highest BCUT2D eigenvalue weighted by molar-refractivity contribution is 6.03. The number of nitrogens with one attached hydrogen (secondary N) is 2. The van der Waals surface area contributed by atoms with Gasteiger partial charge in [0.25, 0.3) is 5.91 Å². The van der Waals surface area contributed by atoms with Crippen molar-refractivity contribution in [1.29, 1.82) is 0 Å². The van der Waals surface area contributed by atoms with E-state index in [-0.39, 0.29) is 11.6 Å². The minimum absolute atomic E-state index is 0.272. The summed E-state index contributed by atoms with van der Waals surface area (Å²) < 4.78 is 11.1. The number of aryl methyl sites for hydroxylation is 1. The number of aromatic nitrogens is 2. The van der Waals surface area contributed by atoms with Gasteiger partial charge in [-0.1, -0.05) is 18.2 Å². The lowest BCUT2D eigenvalue weighted by Gasteiger charge is -2.19. The Balaban J connectivity index is 1.51. The average molecular weight is 362 g/mol. The van der Waals surface area contributed by atoms with Crippen LogP contribution >= 0.6 is 0 Å². The number of ether oxygens (including phenoxy) is 2. The molecule has 1 aromatic heterocycles. The van der Waals surface area contributed by atoms with Gasteiger partial charge in [0.1, 0.15) is 31.1 Å². The molecule has 0 bridgehead atoms. The molecule has 0 fully saturated rings. The molecule has 1 aliphatic heterocycles. The van der Waals surface area contributed by atoms with Crippen LogP contribution in [-0.2, 0) is 0 Å². The molecule has 27 heavy (non-hydrogen) atoms. The number of nitrogens with zero attached hydrogens (tertiary/aromatic N) is 2. The summed E-state index contributed by atoms with van der Waals surface area (Å²) in [7, 11) is 0. The van der Waals surface area contributed by atoms with Crippen LogP contribution in [0.5, 0.6) is 11.5 Å². The molecule has 2 aromatic carbocycles. The van der Waals surface area contributed by atoms with Gasteiger partial charge in [0, 0.05) is 23.5 Å². The lowest BCUT2D eigenvalue weighted by atomic mass is 10.2. The molecular formula is C20H18N4O3. The second kappa shape index (κ2) is 7.33. The summed E-state index contributed by atoms with van der Waals surface area (Å²) in [5, 5.41) is 6.02. The van der Waals surface area contributed by atoms with Crippen LogP contribution in [0.25, 0.3) is 0 Å². The topological polar surface area (TPSA) is 85.4 Å². The van der Waals surface area contributed by atoms with Gasteiger partial charge in [-0.3, -0.25) is 4.79 Å². The Labute approximate surface area is 156 Å². The van der Waals surface area contributed by atoms with E-state index in [9.17, 15) is 4.79 Å². The van der Waals surface area contributed by atoms with Gasteiger partial charge in [-0.25, -0.2) is 9.97 Å². The minimum atomic E-state index is -0.295. The van der Waals surface area contributed by atoms with E-state index in [1.165, 1.54) is 6.33 Å². The molecule has 0 saturated carbocycles. The molecular weight excluding hydrogens is 344 g/mol. The number of fused-ring (bicyclic) bond motifs is 1. The van der Waals surface area contributed by atoms with E-state index < -0.39 is 0 Å². The summed E-state index contributed by atoms with van der Waals surface area (Å²) >= 11 is 0. The molecule has 0 unspecified atom stereocenters. The molecule has 2 N–H and O–H groups in total. The fraction of sp³-hybridized carbons (Fsp3) is 0.150. The van der Waals surface area contributed by atoms with Crippen molar-refractivity contribution in [3.63, 3.8) is 0 Å². The SMILES string of the molecule is Cc1ccccc1NC(=O)c1cc(Nc2ccc3c(c2)OCCO3)ncn1. The zero-order valence-electron chi connectivity index (χ0n) is 14.7. The van der Waals surface area contributed by atoms with Crippen LogP contribution in [0.4, 0.5) is 17.2 Å². The third-order valence-electron chi connectivity index (χ3n) is 4.11. The van der Waals surface area contributed by atoms with Crippen molar-refractivity contribution in [3.05, 3.63) is 66.1 Å². The van der Waals surface area contributed by atoms with Crippen molar-refractivity contribution in [2.75, 3.05) is 23.8 Å². The van der Waals surface area contributed by atoms with Crippen molar-refractivity contribution < 1.29 is 14.3 Å². The maximum atomic E-state index is 12.5. The van der Waals surface area contributed by atoms with Gasteiger partial charge in [-0.15, -0.1) is 0 Å². The monoisotopic (exact) mass is 362 g/mol. The van der Waals surface area contributed by atoms with Crippen molar-refractivity contribution in [3.8, 4) is 11.5 Å². The molecule has 3 aromatic rings. The van der Waals surface area contributed by atoms with E-state index >= 15 is 0 Å². The van der Waals surface area contributed by atoms with Gasteiger partial charge in [-0.2, -0.15) is 0 Å². The highest BCUT2D eigenvalue weighted by Crippen LogP contribution is 2.33. The maximum absolute atomic E-state index is 12.5. The molecule has 1 aliphatic rings. The Kier molecular flexibility index (Phi) is 4.57. The first-order chi connectivity index (χ1) is 13.2. The Morgan fingerprint density at radius 1 is 1.00 bits per heavy atom. The fourth-order valence-corrected chi connectivity index (χ4v) is 2.72. The Bertz CT molecular complexity index is 990. The van der Waals surface area contributed by atoms with E-state index in [4.69, 9.17) is 9.47 Å². The molecule has 0 atom stereocenters. The second-order valence-corrected chi connectivity index (χ2v) is 6.04. The van der Waals surface area contributed by atoms with E-state index in [1.807, 2.05) is 49.4 Å². The average Bonchev–Trinajstić information content (AvgIpc) is 2.70. The van der Waals surface area contributed by atoms with Crippen LogP contribution in [0.1, 0.15) is 16.1 Å². The predicted octanol–water partition coefficient (Wildman–Crippen LogP) is 3.55. The van der Waals surface area contributed by atoms with Gasteiger partial charge in [-0.05, 0) is 30.7 Å². The lowest BCUT2D eigenvalue weighted by Crippen LogP contribution is -2.15.